The quantitative estimate of drug-likeness (QED) is 0.485. The Morgan fingerprint density at radius 3 is 2.75 bits per heavy atom. The minimum absolute atomic E-state index is 0.235. The van der Waals surface area contributed by atoms with Crippen molar-refractivity contribution in [1.82, 2.24) is 9.97 Å². The fourth-order valence-electron chi connectivity index (χ4n) is 1.72. The van der Waals surface area contributed by atoms with E-state index < -0.39 is 0 Å². The third kappa shape index (κ3) is 4.74. The minimum Gasteiger partial charge on any atom is -0.342 e. The second-order valence-corrected chi connectivity index (χ2v) is 5.68. The van der Waals surface area contributed by atoms with Gasteiger partial charge in [-0.05, 0) is 18.2 Å². The average molecular weight is 313 g/mol. The van der Waals surface area contributed by atoms with Crippen molar-refractivity contribution in [3.05, 3.63) is 53.1 Å². The summed E-state index contributed by atoms with van der Waals surface area (Å²) >= 11 is 7.60. The molecule has 0 aliphatic heterocycles. The number of halogens is 2. The number of hydrogen-bond donors (Lipinski definition) is 1. The maximum Gasteiger partial charge on any atom is 0.187 e. The first-order chi connectivity index (χ1) is 9.77. The molecular formula is C14H16ClFN3S+. The van der Waals surface area contributed by atoms with Crippen molar-refractivity contribution < 1.29 is 9.71 Å². The molecule has 2 rings (SSSR count). The molecule has 0 aliphatic rings. The largest absolute Gasteiger partial charge is 0.342 e. The lowest BCUT2D eigenvalue weighted by Gasteiger charge is -2.05. The summed E-state index contributed by atoms with van der Waals surface area (Å²) in [6.07, 6.45) is 4.48. The van der Waals surface area contributed by atoms with Crippen molar-refractivity contribution >= 4 is 23.4 Å². The van der Waals surface area contributed by atoms with Gasteiger partial charge in [0.25, 0.3) is 0 Å². The number of hydrogen-bond acceptors (Lipinski definition) is 3. The molecule has 0 bridgehead atoms. The molecule has 1 heterocycles. The summed E-state index contributed by atoms with van der Waals surface area (Å²) in [4.78, 5) is 8.28. The van der Waals surface area contributed by atoms with Crippen LogP contribution >= 0.6 is 23.4 Å². The monoisotopic (exact) mass is 312 g/mol. The van der Waals surface area contributed by atoms with E-state index in [2.05, 4.69) is 15.3 Å². The lowest BCUT2D eigenvalue weighted by molar-refractivity contribution is -0.670. The van der Waals surface area contributed by atoms with E-state index in [1.807, 2.05) is 0 Å². The number of nitrogens with two attached hydrogens (primary N) is 1. The standard InChI is InChI=1S/C14H15ClFN3S/c15-12-4-1-5-13(16)11(12)10-17-6-3-9-20-14-18-7-2-8-19-14/h1-2,4-5,7-8,17H,3,6,9-10H2/p+1. The van der Waals surface area contributed by atoms with Crippen molar-refractivity contribution in [2.24, 2.45) is 0 Å². The molecule has 0 amide bonds. The molecule has 0 fully saturated rings. The Morgan fingerprint density at radius 1 is 1.20 bits per heavy atom. The summed E-state index contributed by atoms with van der Waals surface area (Å²) in [5.41, 5.74) is 0.577. The lowest BCUT2D eigenvalue weighted by Crippen LogP contribution is -2.82. The van der Waals surface area contributed by atoms with Crippen LogP contribution in [-0.4, -0.2) is 22.3 Å². The summed E-state index contributed by atoms with van der Waals surface area (Å²) < 4.78 is 13.5. The summed E-state index contributed by atoms with van der Waals surface area (Å²) in [7, 11) is 0. The molecule has 0 spiro atoms. The normalized spacial score (nSPS) is 10.7. The summed E-state index contributed by atoms with van der Waals surface area (Å²) in [6.45, 7) is 1.49. The molecule has 0 atom stereocenters. The number of thioether (sulfide) groups is 1. The highest BCUT2D eigenvalue weighted by Crippen LogP contribution is 2.17. The van der Waals surface area contributed by atoms with Crippen LogP contribution in [0.4, 0.5) is 4.39 Å². The van der Waals surface area contributed by atoms with Gasteiger partial charge in [-0.3, -0.25) is 0 Å². The fourth-order valence-corrected chi connectivity index (χ4v) is 2.73. The predicted octanol–water partition coefficient (Wildman–Crippen LogP) is 2.51. The highest BCUT2D eigenvalue weighted by atomic mass is 35.5. The molecule has 1 aromatic heterocycles. The van der Waals surface area contributed by atoms with Crippen LogP contribution in [0.3, 0.4) is 0 Å². The van der Waals surface area contributed by atoms with Crippen molar-refractivity contribution in [3.63, 3.8) is 0 Å². The number of aromatic nitrogens is 2. The van der Waals surface area contributed by atoms with Gasteiger partial charge >= 0.3 is 0 Å². The summed E-state index contributed by atoms with van der Waals surface area (Å²) in [5.74, 6) is 0.715. The van der Waals surface area contributed by atoms with Gasteiger partial charge in [0, 0.05) is 24.6 Å². The van der Waals surface area contributed by atoms with Gasteiger partial charge in [0.1, 0.15) is 12.4 Å². The zero-order valence-corrected chi connectivity index (χ0v) is 12.5. The number of benzene rings is 1. The Kier molecular flexibility index (Phi) is 6.24. The molecule has 6 heteroatoms. The van der Waals surface area contributed by atoms with Crippen LogP contribution in [0.1, 0.15) is 12.0 Å². The number of quaternary nitrogens is 1. The van der Waals surface area contributed by atoms with Crippen LogP contribution in [0.5, 0.6) is 0 Å². The zero-order valence-electron chi connectivity index (χ0n) is 10.9. The predicted molar refractivity (Wildman–Crippen MR) is 79.3 cm³/mol. The van der Waals surface area contributed by atoms with E-state index >= 15 is 0 Å². The Labute approximate surface area is 127 Å². The van der Waals surface area contributed by atoms with Gasteiger partial charge in [-0.25, -0.2) is 14.4 Å². The third-order valence-electron chi connectivity index (χ3n) is 2.74. The van der Waals surface area contributed by atoms with Gasteiger partial charge in [-0.15, -0.1) is 0 Å². The van der Waals surface area contributed by atoms with Gasteiger partial charge in [0.15, 0.2) is 5.16 Å². The van der Waals surface area contributed by atoms with E-state index in [4.69, 9.17) is 11.6 Å². The molecule has 2 aromatic rings. The Hall–Kier alpha value is -1.17. The molecule has 0 radical (unpaired) electrons. The van der Waals surface area contributed by atoms with E-state index in [0.717, 1.165) is 23.9 Å². The highest BCUT2D eigenvalue weighted by molar-refractivity contribution is 7.99. The van der Waals surface area contributed by atoms with Crippen LogP contribution in [0.15, 0.2) is 41.8 Å². The lowest BCUT2D eigenvalue weighted by atomic mass is 10.2. The average Bonchev–Trinajstić information content (AvgIpc) is 2.46. The van der Waals surface area contributed by atoms with Crippen LogP contribution in [-0.2, 0) is 6.54 Å². The SMILES string of the molecule is Fc1cccc(Cl)c1C[NH2+]CCCSc1ncccn1. The van der Waals surface area contributed by atoms with Crippen molar-refractivity contribution in [2.75, 3.05) is 12.3 Å². The maximum atomic E-state index is 13.5. The maximum absolute atomic E-state index is 13.5. The van der Waals surface area contributed by atoms with Crippen LogP contribution < -0.4 is 5.32 Å². The molecule has 2 N–H and O–H groups in total. The van der Waals surface area contributed by atoms with E-state index in [1.54, 1.807) is 42.4 Å². The number of rotatable bonds is 7. The first-order valence-corrected chi connectivity index (χ1v) is 7.78. The number of nitrogens with zero attached hydrogens (tertiary/aromatic N) is 2. The highest BCUT2D eigenvalue weighted by Gasteiger charge is 2.08. The van der Waals surface area contributed by atoms with Gasteiger partial charge in [0.2, 0.25) is 0 Å². The van der Waals surface area contributed by atoms with Crippen LogP contribution in [0, 0.1) is 5.82 Å². The van der Waals surface area contributed by atoms with Crippen LogP contribution in [0.25, 0.3) is 0 Å². The first kappa shape index (κ1) is 15.2. The topological polar surface area (TPSA) is 42.4 Å². The second-order valence-electron chi connectivity index (χ2n) is 4.22. The smallest absolute Gasteiger partial charge is 0.187 e. The third-order valence-corrected chi connectivity index (χ3v) is 4.05. The molecule has 3 nitrogen and oxygen atoms in total. The van der Waals surface area contributed by atoms with E-state index in [-0.39, 0.29) is 5.82 Å². The summed E-state index contributed by atoms with van der Waals surface area (Å²) in [5, 5.41) is 3.36. The molecule has 20 heavy (non-hydrogen) atoms. The van der Waals surface area contributed by atoms with Crippen molar-refractivity contribution in [1.29, 1.82) is 0 Å². The van der Waals surface area contributed by atoms with Gasteiger partial charge in [-0.2, -0.15) is 0 Å². The molecule has 0 saturated carbocycles. The van der Waals surface area contributed by atoms with E-state index in [1.165, 1.54) is 6.07 Å². The van der Waals surface area contributed by atoms with Gasteiger partial charge in [-0.1, -0.05) is 29.4 Å². The fraction of sp³-hybridized carbons (Fsp3) is 0.286. The molecule has 1 aromatic carbocycles. The molecule has 0 aliphatic carbocycles. The molecule has 0 saturated heterocycles. The van der Waals surface area contributed by atoms with Gasteiger partial charge in [0.05, 0.1) is 17.1 Å². The Morgan fingerprint density at radius 2 is 2.00 bits per heavy atom. The first-order valence-electron chi connectivity index (χ1n) is 6.42. The van der Waals surface area contributed by atoms with Crippen molar-refractivity contribution in [2.45, 2.75) is 18.1 Å². The molecule has 106 valence electrons. The van der Waals surface area contributed by atoms with Crippen molar-refractivity contribution in [3.8, 4) is 0 Å². The zero-order chi connectivity index (χ0) is 14.2. The van der Waals surface area contributed by atoms with Gasteiger partial charge < -0.3 is 5.32 Å². The minimum atomic E-state index is -0.235. The van der Waals surface area contributed by atoms with E-state index in [9.17, 15) is 4.39 Å². The van der Waals surface area contributed by atoms with E-state index in [0.29, 0.717) is 17.1 Å². The Balaban J connectivity index is 1.65. The Bertz CT molecular complexity index is 519. The molecule has 0 unspecified atom stereocenters. The summed E-state index contributed by atoms with van der Waals surface area (Å²) in [6, 6.07) is 6.59. The second kappa shape index (κ2) is 8.19. The molecular weight excluding hydrogens is 297 g/mol. The van der Waals surface area contributed by atoms with Crippen LogP contribution in [0.2, 0.25) is 5.02 Å².